The number of ether oxygens (including phenoxy) is 1. The number of alkyl halides is 3. The van der Waals surface area contributed by atoms with Crippen LogP contribution in [0.5, 0.6) is 5.75 Å². The molecule has 1 aromatic carbocycles. The highest BCUT2D eigenvalue weighted by Gasteiger charge is 2.70. The second-order valence-electron chi connectivity index (χ2n) is 14.6. The Bertz CT molecular complexity index is 2300. The molecule has 5 aliphatic rings. The number of hydrogen-bond acceptors (Lipinski definition) is 9. The van der Waals surface area contributed by atoms with E-state index in [1.54, 1.807) is 16.4 Å². The monoisotopic (exact) mass is 716 g/mol. The maximum Gasteiger partial charge on any atom is 0.416 e. The quantitative estimate of drug-likeness (QED) is 0.310. The zero-order valence-electron chi connectivity index (χ0n) is 28.4. The lowest BCUT2D eigenvalue weighted by Gasteiger charge is -2.58. The number of hydrogen-bond donors (Lipinski definition) is 2. The van der Waals surface area contributed by atoms with E-state index >= 15 is 0 Å². The standard InChI is InChI=1S/C36H35F3N8O5/c1-17-13-20(36(37,38)39)3-5-24(17)42-26(48)15-46-29-21-14-23(21)35(27(29)32(50)47-34(46)43-31(44-47)19-7-11-52-12-8-19)9-10-45(25-6-4-22(25)35)33(51)28-30(49)18(2)40-16-41-28/h3,5,7,13,16,21-23,25,49H,4,6,8-12,14-15H2,1-2H3,(H,42,48)/t21-,22+,23+,25-,35-/m0/s1. The number of rotatable bonds is 5. The number of carbonyl (C=O) groups excluding carboxylic acids is 2. The maximum absolute atomic E-state index is 14.7. The van der Waals surface area contributed by atoms with Gasteiger partial charge >= 0.3 is 6.18 Å². The number of aromatic nitrogens is 6. The van der Waals surface area contributed by atoms with Gasteiger partial charge in [0.25, 0.3) is 11.5 Å². The highest BCUT2D eigenvalue weighted by atomic mass is 19.4. The number of amides is 2. The summed E-state index contributed by atoms with van der Waals surface area (Å²) in [6, 6.07) is 3.00. The number of aryl methyl sites for hydroxylation is 2. The topological polar surface area (TPSA) is 157 Å². The average molecular weight is 717 g/mol. The number of fused-ring (bicyclic) bond motifs is 8. The van der Waals surface area contributed by atoms with E-state index in [9.17, 15) is 32.7 Å². The Balaban J connectivity index is 1.12. The fourth-order valence-electron chi connectivity index (χ4n) is 9.38. The first-order chi connectivity index (χ1) is 24.9. The van der Waals surface area contributed by atoms with E-state index in [-0.39, 0.29) is 70.3 Å². The van der Waals surface area contributed by atoms with Gasteiger partial charge in [0.15, 0.2) is 17.3 Å². The van der Waals surface area contributed by atoms with Crippen LogP contribution in [0.2, 0.25) is 0 Å². The van der Waals surface area contributed by atoms with Crippen molar-refractivity contribution in [1.82, 2.24) is 34.0 Å². The smallest absolute Gasteiger partial charge is 0.416 e. The summed E-state index contributed by atoms with van der Waals surface area (Å²) in [6.45, 7) is 4.10. The summed E-state index contributed by atoms with van der Waals surface area (Å²) in [5, 5.41) is 18.1. The van der Waals surface area contributed by atoms with Crippen molar-refractivity contribution in [3.05, 3.63) is 80.6 Å². The Morgan fingerprint density at radius 1 is 1.15 bits per heavy atom. The van der Waals surface area contributed by atoms with Crippen molar-refractivity contribution >= 4 is 28.9 Å². The number of nitrogens with zero attached hydrogens (tertiary/aromatic N) is 7. The normalized spacial score (nSPS) is 26.0. The van der Waals surface area contributed by atoms with Crippen molar-refractivity contribution < 1.29 is 32.6 Å². The summed E-state index contributed by atoms with van der Waals surface area (Å²) < 4.78 is 48.5. The molecule has 0 radical (unpaired) electrons. The van der Waals surface area contributed by atoms with Crippen LogP contribution in [0.3, 0.4) is 0 Å². The van der Waals surface area contributed by atoms with Gasteiger partial charge in [0.1, 0.15) is 12.9 Å². The van der Waals surface area contributed by atoms with Crippen LogP contribution >= 0.6 is 0 Å². The Morgan fingerprint density at radius 2 is 1.98 bits per heavy atom. The molecule has 16 heteroatoms. The number of nitrogens with one attached hydrogen (secondary N) is 1. The SMILES string of the molecule is Cc1cc(C(F)(F)F)ccc1NC(=O)Cn1c2c(c(=O)n3nc(C4=CCOCC4)nc13)[C@]1(CCN(C(=O)c3ncnc(C)c3O)[C@H]3CC[C@H]31)[C@@H]1C[C@H]21. The number of aromatic hydroxyl groups is 1. The first kappa shape index (κ1) is 32.8. The lowest BCUT2D eigenvalue weighted by atomic mass is 9.54. The van der Waals surface area contributed by atoms with E-state index in [0.29, 0.717) is 49.7 Å². The molecule has 3 fully saturated rings. The Morgan fingerprint density at radius 3 is 2.69 bits per heavy atom. The molecule has 1 saturated heterocycles. The van der Waals surface area contributed by atoms with Gasteiger partial charge in [0.05, 0.1) is 24.5 Å². The third kappa shape index (κ3) is 4.75. The third-order valence-corrected chi connectivity index (χ3v) is 12.0. The van der Waals surface area contributed by atoms with Gasteiger partial charge in [-0.1, -0.05) is 6.08 Å². The zero-order chi connectivity index (χ0) is 36.3. The predicted octanol–water partition coefficient (Wildman–Crippen LogP) is 4.14. The summed E-state index contributed by atoms with van der Waals surface area (Å²) in [4.78, 5) is 57.0. The fourth-order valence-corrected chi connectivity index (χ4v) is 9.38. The van der Waals surface area contributed by atoms with Crippen LogP contribution in [-0.4, -0.2) is 76.8 Å². The Hall–Kier alpha value is -5.12. The van der Waals surface area contributed by atoms with Crippen molar-refractivity contribution in [2.24, 2.45) is 11.8 Å². The van der Waals surface area contributed by atoms with Gasteiger partial charge in [-0.3, -0.25) is 14.4 Å². The number of carbonyl (C=O) groups is 2. The minimum absolute atomic E-state index is 0.00666. The minimum Gasteiger partial charge on any atom is -0.504 e. The second-order valence-corrected chi connectivity index (χ2v) is 14.6. The Labute approximate surface area is 294 Å². The molecule has 2 N–H and O–H groups in total. The molecule has 13 nitrogen and oxygen atoms in total. The van der Waals surface area contributed by atoms with Crippen molar-refractivity contribution in [1.29, 1.82) is 0 Å². The maximum atomic E-state index is 14.7. The molecule has 3 aliphatic carbocycles. The number of piperidine rings is 1. The molecule has 0 unspecified atom stereocenters. The van der Waals surface area contributed by atoms with E-state index in [1.165, 1.54) is 23.8 Å². The van der Waals surface area contributed by atoms with Gasteiger partial charge in [0.2, 0.25) is 11.7 Å². The molecule has 9 rings (SSSR count). The zero-order valence-corrected chi connectivity index (χ0v) is 28.4. The molecular formula is C36H35F3N8O5. The molecule has 5 heterocycles. The number of likely N-dealkylation sites (tertiary alicyclic amines) is 1. The summed E-state index contributed by atoms with van der Waals surface area (Å²) in [5.41, 5.74) is 1.33. The molecule has 5 atom stereocenters. The van der Waals surface area contributed by atoms with E-state index in [4.69, 9.17) is 14.8 Å². The van der Waals surface area contributed by atoms with E-state index in [2.05, 4.69) is 15.3 Å². The van der Waals surface area contributed by atoms with Crippen molar-refractivity contribution in [3.63, 3.8) is 0 Å². The van der Waals surface area contributed by atoms with Crippen molar-refractivity contribution in [2.45, 2.75) is 76.0 Å². The molecule has 270 valence electrons. The summed E-state index contributed by atoms with van der Waals surface area (Å²) in [7, 11) is 0. The van der Waals surface area contributed by atoms with E-state index < -0.39 is 23.1 Å². The highest BCUT2D eigenvalue weighted by molar-refractivity contribution is 5.95. The molecule has 2 aliphatic heterocycles. The van der Waals surface area contributed by atoms with Crippen molar-refractivity contribution in [3.8, 4) is 5.75 Å². The molecule has 4 aromatic rings. The first-order valence-corrected chi connectivity index (χ1v) is 17.5. The highest BCUT2D eigenvalue weighted by Crippen LogP contribution is 2.72. The Kier molecular flexibility index (Phi) is 7.21. The number of halogens is 3. The van der Waals surface area contributed by atoms with Crippen LogP contribution in [0.1, 0.15) is 82.4 Å². The summed E-state index contributed by atoms with van der Waals surface area (Å²) in [5.74, 6) is -0.402. The molecule has 3 aromatic heterocycles. The second kappa shape index (κ2) is 11.4. The molecule has 52 heavy (non-hydrogen) atoms. The van der Waals surface area contributed by atoms with Crippen molar-refractivity contribution in [2.75, 3.05) is 25.1 Å². The third-order valence-electron chi connectivity index (χ3n) is 12.0. The number of anilines is 1. The predicted molar refractivity (Wildman–Crippen MR) is 179 cm³/mol. The average Bonchev–Trinajstić information content (AvgIpc) is 3.68. The lowest BCUT2D eigenvalue weighted by molar-refractivity contribution is -0.137. The van der Waals surface area contributed by atoms with Gasteiger partial charge < -0.3 is 24.6 Å². The van der Waals surface area contributed by atoms with Crippen LogP contribution in [0.15, 0.2) is 35.4 Å². The number of benzene rings is 1. The van der Waals surface area contributed by atoms with Crippen LogP contribution < -0.4 is 10.9 Å². The van der Waals surface area contributed by atoms with E-state index in [0.717, 1.165) is 42.7 Å². The lowest BCUT2D eigenvalue weighted by Crippen LogP contribution is -2.64. The summed E-state index contributed by atoms with van der Waals surface area (Å²) in [6.07, 6.45) is 2.05. The van der Waals surface area contributed by atoms with Crippen LogP contribution in [0, 0.1) is 25.7 Å². The molecule has 2 saturated carbocycles. The molecule has 2 amide bonds. The van der Waals surface area contributed by atoms with Gasteiger partial charge in [-0.05, 0) is 87.1 Å². The molecule has 0 bridgehead atoms. The summed E-state index contributed by atoms with van der Waals surface area (Å²) >= 11 is 0. The van der Waals surface area contributed by atoms with Crippen LogP contribution in [0.25, 0.3) is 11.4 Å². The minimum atomic E-state index is -4.52. The first-order valence-electron chi connectivity index (χ1n) is 17.5. The van der Waals surface area contributed by atoms with Gasteiger partial charge in [-0.15, -0.1) is 5.10 Å². The largest absolute Gasteiger partial charge is 0.504 e. The molecular weight excluding hydrogens is 681 g/mol. The van der Waals surface area contributed by atoms with Gasteiger partial charge in [0, 0.05) is 40.9 Å². The van der Waals surface area contributed by atoms with Crippen LogP contribution in [-0.2, 0) is 27.7 Å². The van der Waals surface area contributed by atoms with Gasteiger partial charge in [-0.25, -0.2) is 9.97 Å². The van der Waals surface area contributed by atoms with Gasteiger partial charge in [-0.2, -0.15) is 22.7 Å². The van der Waals surface area contributed by atoms with E-state index in [1.807, 2.05) is 6.08 Å². The van der Waals surface area contributed by atoms with Crippen LogP contribution in [0.4, 0.5) is 18.9 Å². The fraction of sp³-hybridized carbons (Fsp3) is 0.472. The molecule has 1 spiro atoms.